The van der Waals surface area contributed by atoms with Gasteiger partial charge in [0.15, 0.2) is 15.3 Å². The Labute approximate surface area is 133 Å². The maximum absolute atomic E-state index is 13.4. The highest BCUT2D eigenvalue weighted by Crippen LogP contribution is 2.63. The summed E-state index contributed by atoms with van der Waals surface area (Å²) >= 11 is 0. The van der Waals surface area contributed by atoms with E-state index in [-0.39, 0.29) is 4.90 Å². The molecule has 0 bridgehead atoms. The number of hydrogen-bond donors (Lipinski definition) is 0. The Hall–Kier alpha value is -2.70. The third-order valence-electron chi connectivity index (χ3n) is 4.12. The molecule has 0 aliphatic heterocycles. The molecular formula is C17H11FN2O2S. The van der Waals surface area contributed by atoms with E-state index in [1.54, 1.807) is 18.2 Å². The third-order valence-corrected chi connectivity index (χ3v) is 6.36. The molecule has 2 aromatic rings. The lowest BCUT2D eigenvalue weighted by Crippen LogP contribution is -2.14. The van der Waals surface area contributed by atoms with Crippen molar-refractivity contribution < 1.29 is 12.8 Å². The summed E-state index contributed by atoms with van der Waals surface area (Å²) in [7, 11) is -3.88. The molecule has 1 fully saturated rings. The minimum Gasteiger partial charge on any atom is -0.223 e. The predicted octanol–water partition coefficient (Wildman–Crippen LogP) is 2.80. The van der Waals surface area contributed by atoms with Gasteiger partial charge in [0.05, 0.1) is 17.0 Å². The molecule has 0 unspecified atom stereocenters. The van der Waals surface area contributed by atoms with E-state index in [9.17, 15) is 23.3 Å². The van der Waals surface area contributed by atoms with E-state index in [2.05, 4.69) is 0 Å². The molecule has 0 N–H and O–H groups in total. The van der Waals surface area contributed by atoms with Crippen molar-refractivity contribution in [3.05, 3.63) is 66.0 Å². The molecular weight excluding hydrogens is 315 g/mol. The van der Waals surface area contributed by atoms with Gasteiger partial charge in [0.25, 0.3) is 0 Å². The predicted molar refractivity (Wildman–Crippen MR) is 80.2 cm³/mol. The van der Waals surface area contributed by atoms with Crippen LogP contribution in [0, 0.1) is 33.9 Å². The fourth-order valence-corrected chi connectivity index (χ4v) is 5.19. The van der Waals surface area contributed by atoms with Crippen molar-refractivity contribution in [2.45, 2.75) is 16.1 Å². The van der Waals surface area contributed by atoms with Crippen LogP contribution in [0.2, 0.25) is 0 Å². The normalized spacial score (nSPS) is 21.9. The van der Waals surface area contributed by atoms with Crippen molar-refractivity contribution in [3.8, 4) is 12.1 Å². The maximum atomic E-state index is 13.4. The standard InChI is InChI=1S/C17H11FN2O2S/c18-13-6-4-5-12(9-13)15-16(17(15,10-19)11-20)23(21,22)14-7-2-1-3-8-14/h1-9,15-16H/t15-,16+/m1/s1. The van der Waals surface area contributed by atoms with Crippen molar-refractivity contribution in [2.75, 3.05) is 0 Å². The number of sulfone groups is 1. The number of nitrogens with zero attached hydrogens (tertiary/aromatic N) is 2. The van der Waals surface area contributed by atoms with Gasteiger partial charge in [-0.05, 0) is 29.8 Å². The highest BCUT2D eigenvalue weighted by atomic mass is 32.2. The van der Waals surface area contributed by atoms with Crippen molar-refractivity contribution in [1.29, 1.82) is 10.5 Å². The Kier molecular flexibility index (Phi) is 3.43. The minimum atomic E-state index is -3.88. The molecule has 6 heteroatoms. The number of nitriles is 2. The highest BCUT2D eigenvalue weighted by Gasteiger charge is 2.73. The number of benzene rings is 2. The zero-order valence-corrected chi connectivity index (χ0v) is 12.7. The number of halogens is 1. The molecule has 1 saturated carbocycles. The Morgan fingerprint density at radius 2 is 1.65 bits per heavy atom. The van der Waals surface area contributed by atoms with Crippen molar-refractivity contribution >= 4 is 9.84 Å². The van der Waals surface area contributed by atoms with Crippen LogP contribution in [0.3, 0.4) is 0 Å². The van der Waals surface area contributed by atoms with Crippen LogP contribution in [0.15, 0.2) is 59.5 Å². The Morgan fingerprint density at radius 1 is 1.00 bits per heavy atom. The average molecular weight is 326 g/mol. The lowest BCUT2D eigenvalue weighted by molar-refractivity contribution is 0.591. The lowest BCUT2D eigenvalue weighted by atomic mass is 10.0. The second-order valence-corrected chi connectivity index (χ2v) is 7.47. The van der Waals surface area contributed by atoms with Gasteiger partial charge in [-0.2, -0.15) is 10.5 Å². The molecule has 2 atom stereocenters. The molecule has 0 radical (unpaired) electrons. The first-order chi connectivity index (χ1) is 11.0. The van der Waals surface area contributed by atoms with Gasteiger partial charge in [0.1, 0.15) is 11.1 Å². The summed E-state index contributed by atoms with van der Waals surface area (Å²) in [5, 5.41) is 17.6. The van der Waals surface area contributed by atoms with Crippen molar-refractivity contribution in [1.82, 2.24) is 0 Å². The summed E-state index contributed by atoms with van der Waals surface area (Å²) in [6, 6.07) is 16.7. The van der Waals surface area contributed by atoms with Crippen molar-refractivity contribution in [2.24, 2.45) is 5.41 Å². The van der Waals surface area contributed by atoms with Crippen molar-refractivity contribution in [3.63, 3.8) is 0 Å². The first-order valence-electron chi connectivity index (χ1n) is 6.84. The zero-order chi connectivity index (χ0) is 16.7. The van der Waals surface area contributed by atoms with Crippen LogP contribution >= 0.6 is 0 Å². The SMILES string of the molecule is N#CC1(C#N)[C@H](c2cccc(F)c2)[C@@H]1S(=O)(=O)c1ccccc1. The quantitative estimate of drug-likeness (QED) is 0.868. The van der Waals surface area contributed by atoms with Crippen LogP contribution in [0.4, 0.5) is 4.39 Å². The summed E-state index contributed by atoms with van der Waals surface area (Å²) in [5.74, 6) is -1.39. The largest absolute Gasteiger partial charge is 0.223 e. The van der Waals surface area contributed by atoms with Gasteiger partial charge in [0.2, 0.25) is 0 Å². The van der Waals surface area contributed by atoms with E-state index >= 15 is 0 Å². The molecule has 0 spiro atoms. The minimum absolute atomic E-state index is 0.0544. The van der Waals surface area contributed by atoms with E-state index in [0.717, 1.165) is 0 Å². The van der Waals surface area contributed by atoms with Gasteiger partial charge < -0.3 is 0 Å². The molecule has 0 saturated heterocycles. The molecule has 4 nitrogen and oxygen atoms in total. The molecule has 0 heterocycles. The molecule has 1 aliphatic carbocycles. The van der Waals surface area contributed by atoms with Gasteiger partial charge in [-0.1, -0.05) is 30.3 Å². The van der Waals surface area contributed by atoms with Gasteiger partial charge in [-0.25, -0.2) is 12.8 Å². The smallest absolute Gasteiger partial charge is 0.184 e. The van der Waals surface area contributed by atoms with E-state index in [4.69, 9.17) is 0 Å². The molecule has 3 rings (SSSR count). The first-order valence-corrected chi connectivity index (χ1v) is 8.39. The molecule has 0 amide bonds. The Morgan fingerprint density at radius 3 is 2.22 bits per heavy atom. The van der Waals surface area contributed by atoms with Crippen LogP contribution in [0.1, 0.15) is 11.5 Å². The van der Waals surface area contributed by atoms with Gasteiger partial charge in [-0.3, -0.25) is 0 Å². The molecule has 0 aromatic heterocycles. The molecule has 2 aromatic carbocycles. The van der Waals surface area contributed by atoms with E-state index in [1.807, 2.05) is 12.1 Å². The summed E-state index contributed by atoms with van der Waals surface area (Å²) in [4.78, 5) is 0.0544. The van der Waals surface area contributed by atoms with E-state index in [0.29, 0.717) is 5.56 Å². The van der Waals surface area contributed by atoms with Crippen LogP contribution in [0.25, 0.3) is 0 Å². The van der Waals surface area contributed by atoms with Crippen LogP contribution in [0.5, 0.6) is 0 Å². The van der Waals surface area contributed by atoms with Gasteiger partial charge in [-0.15, -0.1) is 0 Å². The van der Waals surface area contributed by atoms with Crippen LogP contribution in [-0.4, -0.2) is 13.7 Å². The maximum Gasteiger partial charge on any atom is 0.184 e. The molecule has 114 valence electrons. The molecule has 1 aliphatic rings. The van der Waals surface area contributed by atoms with Gasteiger partial charge in [0, 0.05) is 5.92 Å². The fraction of sp³-hybridized carbons (Fsp3) is 0.176. The first kappa shape index (κ1) is 15.2. The summed E-state index contributed by atoms with van der Waals surface area (Å²) in [5.41, 5.74) is -1.35. The highest BCUT2D eigenvalue weighted by molar-refractivity contribution is 7.92. The van der Waals surface area contributed by atoms with E-state index in [1.165, 1.54) is 36.4 Å². The summed E-state index contributed by atoms with van der Waals surface area (Å²) in [6.45, 7) is 0. The van der Waals surface area contributed by atoms with Crippen LogP contribution < -0.4 is 0 Å². The Balaban J connectivity index is 2.12. The molecule has 23 heavy (non-hydrogen) atoms. The van der Waals surface area contributed by atoms with Crippen LogP contribution in [-0.2, 0) is 9.84 Å². The third kappa shape index (κ3) is 2.19. The fourth-order valence-electron chi connectivity index (χ4n) is 2.97. The summed E-state index contributed by atoms with van der Waals surface area (Å²) < 4.78 is 39.0. The Bertz CT molecular complexity index is 929. The van der Waals surface area contributed by atoms with E-state index < -0.39 is 32.2 Å². The zero-order valence-electron chi connectivity index (χ0n) is 11.8. The van der Waals surface area contributed by atoms with Gasteiger partial charge >= 0.3 is 0 Å². The monoisotopic (exact) mass is 326 g/mol. The second-order valence-electron chi connectivity index (χ2n) is 5.40. The lowest BCUT2D eigenvalue weighted by Gasteiger charge is -2.03. The topological polar surface area (TPSA) is 81.7 Å². The second kappa shape index (κ2) is 5.19. The number of rotatable bonds is 3. The number of hydrogen-bond acceptors (Lipinski definition) is 4. The summed E-state index contributed by atoms with van der Waals surface area (Å²) in [6.07, 6.45) is 0. The average Bonchev–Trinajstić information content (AvgIpc) is 3.26.